The molecule has 1 aromatic heterocycles. The van der Waals surface area contributed by atoms with Crippen LogP contribution in [0.15, 0.2) is 30.6 Å². The van der Waals surface area contributed by atoms with Gasteiger partial charge in [0, 0.05) is 18.0 Å². The number of hydrogen-bond donors (Lipinski definition) is 0. The third kappa shape index (κ3) is 4.38. The van der Waals surface area contributed by atoms with E-state index in [-0.39, 0.29) is 17.5 Å². The van der Waals surface area contributed by atoms with Crippen molar-refractivity contribution in [3.8, 4) is 11.4 Å². The number of nitrogens with zero attached hydrogens (tertiary/aromatic N) is 3. The minimum Gasteiger partial charge on any atom is -0.444 e. The molecule has 1 amide bonds. The Bertz CT molecular complexity index is 909. The van der Waals surface area contributed by atoms with Gasteiger partial charge in [0.25, 0.3) is 0 Å². The van der Waals surface area contributed by atoms with Crippen LogP contribution in [0, 0.1) is 0 Å². The van der Waals surface area contributed by atoms with Crippen molar-refractivity contribution in [2.45, 2.75) is 58.5 Å². The number of benzene rings is 1. The number of hydrogen-bond acceptors (Lipinski definition) is 4. The fourth-order valence-corrected chi connectivity index (χ4v) is 3.51. The minimum absolute atomic E-state index is 0.0499. The highest BCUT2D eigenvalue weighted by Gasteiger charge is 2.46. The van der Waals surface area contributed by atoms with Crippen LogP contribution in [0.4, 0.5) is 13.6 Å². The van der Waals surface area contributed by atoms with E-state index in [1.807, 2.05) is 0 Å². The highest BCUT2D eigenvalue weighted by atomic mass is 35.5. The lowest BCUT2D eigenvalue weighted by Gasteiger charge is -2.35. The average Bonchev–Trinajstić information content (AvgIpc) is 3.18. The van der Waals surface area contributed by atoms with Crippen LogP contribution in [0.1, 0.15) is 52.8 Å². The lowest BCUT2D eigenvalue weighted by Crippen LogP contribution is -2.47. The first-order valence-electron chi connectivity index (χ1n) is 9.18. The van der Waals surface area contributed by atoms with E-state index < -0.39 is 30.0 Å². The zero-order chi connectivity index (χ0) is 21.6. The van der Waals surface area contributed by atoms with E-state index in [1.54, 1.807) is 52.8 Å². The molecule has 0 bridgehead atoms. The highest BCUT2D eigenvalue weighted by Crippen LogP contribution is 2.40. The summed E-state index contributed by atoms with van der Waals surface area (Å²) in [6, 6.07) is 4.55. The van der Waals surface area contributed by atoms with E-state index in [0.717, 1.165) is 4.57 Å². The molecule has 9 heteroatoms. The van der Waals surface area contributed by atoms with E-state index in [0.29, 0.717) is 11.1 Å². The average molecular weight is 428 g/mol. The smallest absolute Gasteiger partial charge is 0.413 e. The maximum Gasteiger partial charge on any atom is 0.413 e. The molecule has 2 heterocycles. The fraction of sp³-hybridized carbons (Fsp3) is 0.500. The molecule has 6 nitrogen and oxygen atoms in total. The molecule has 0 aliphatic carbocycles. The van der Waals surface area contributed by atoms with Crippen molar-refractivity contribution in [1.82, 2.24) is 14.5 Å². The molecule has 2 aromatic rings. The number of ether oxygens (including phenoxy) is 2. The first kappa shape index (κ1) is 21.5. The number of halogens is 3. The largest absolute Gasteiger partial charge is 0.444 e. The quantitative estimate of drug-likeness (QED) is 0.635. The van der Waals surface area contributed by atoms with Crippen molar-refractivity contribution in [1.29, 1.82) is 0 Å². The summed E-state index contributed by atoms with van der Waals surface area (Å²) in [5.74, 6) is 0.0499. The monoisotopic (exact) mass is 427 g/mol. The minimum atomic E-state index is -2.75. The molecule has 0 N–H and O–H groups in total. The standard InChI is InChI=1S/C20H24ClF2N3O3/c1-19(2,3)29-18(27)26-15(11-28-20(26,4)5)12-6-7-14(21)13(10-12)16-24-8-9-25(16)17(22)23/h6-10,15,17H,11H2,1-5H3/t15-/m1/s1. The van der Waals surface area contributed by atoms with Gasteiger partial charge in [-0.1, -0.05) is 17.7 Å². The molecule has 158 valence electrons. The Morgan fingerprint density at radius 2 is 2.07 bits per heavy atom. The van der Waals surface area contributed by atoms with Crippen LogP contribution < -0.4 is 0 Å². The second kappa shape index (κ2) is 7.57. The molecular formula is C20H24ClF2N3O3. The van der Waals surface area contributed by atoms with Crippen LogP contribution in [0.2, 0.25) is 5.02 Å². The molecule has 1 aliphatic rings. The fourth-order valence-electron chi connectivity index (χ4n) is 3.31. The van der Waals surface area contributed by atoms with Gasteiger partial charge in [-0.3, -0.25) is 9.47 Å². The summed E-state index contributed by atoms with van der Waals surface area (Å²) in [6.07, 6.45) is 1.97. The number of carbonyl (C=O) groups excluding carboxylic acids is 1. The maximum absolute atomic E-state index is 13.3. The van der Waals surface area contributed by atoms with E-state index in [4.69, 9.17) is 21.1 Å². The van der Waals surface area contributed by atoms with Gasteiger partial charge < -0.3 is 9.47 Å². The first-order chi connectivity index (χ1) is 13.4. The van der Waals surface area contributed by atoms with Crippen molar-refractivity contribution in [3.05, 3.63) is 41.2 Å². The van der Waals surface area contributed by atoms with Crippen LogP contribution in [0.5, 0.6) is 0 Å². The lowest BCUT2D eigenvalue weighted by atomic mass is 10.0. The van der Waals surface area contributed by atoms with Crippen molar-refractivity contribution >= 4 is 17.7 Å². The number of amides is 1. The molecule has 1 atom stereocenters. The summed E-state index contributed by atoms with van der Waals surface area (Å²) in [4.78, 5) is 18.4. The molecule has 1 aromatic carbocycles. The Balaban J connectivity index is 2.01. The SMILES string of the molecule is CC(C)(C)OC(=O)N1[C@@H](c2ccc(Cl)c(-c3nccn3C(F)F)c2)COC1(C)C. The number of imidazole rings is 1. The number of alkyl halides is 2. The van der Waals surface area contributed by atoms with Gasteiger partial charge in [-0.25, -0.2) is 9.78 Å². The van der Waals surface area contributed by atoms with E-state index in [2.05, 4.69) is 4.98 Å². The van der Waals surface area contributed by atoms with E-state index in [1.165, 1.54) is 17.3 Å². The normalized spacial score (nSPS) is 19.1. The zero-order valence-corrected chi connectivity index (χ0v) is 17.7. The summed E-state index contributed by atoms with van der Waals surface area (Å²) >= 11 is 6.28. The molecule has 29 heavy (non-hydrogen) atoms. The molecular weight excluding hydrogens is 404 g/mol. The van der Waals surface area contributed by atoms with Crippen molar-refractivity contribution in [2.24, 2.45) is 0 Å². The summed E-state index contributed by atoms with van der Waals surface area (Å²) in [7, 11) is 0. The third-order valence-electron chi connectivity index (χ3n) is 4.57. The topological polar surface area (TPSA) is 56.6 Å². The maximum atomic E-state index is 13.3. The van der Waals surface area contributed by atoms with Gasteiger partial charge in [-0.15, -0.1) is 0 Å². The first-order valence-corrected chi connectivity index (χ1v) is 9.55. The van der Waals surface area contributed by atoms with E-state index >= 15 is 0 Å². The van der Waals surface area contributed by atoms with Crippen LogP contribution in [-0.4, -0.2) is 38.5 Å². The van der Waals surface area contributed by atoms with Gasteiger partial charge >= 0.3 is 12.6 Å². The molecule has 0 saturated carbocycles. The number of rotatable bonds is 3. The predicted molar refractivity (Wildman–Crippen MR) is 105 cm³/mol. The number of aromatic nitrogens is 2. The zero-order valence-electron chi connectivity index (χ0n) is 16.9. The van der Waals surface area contributed by atoms with Gasteiger partial charge in [0.05, 0.1) is 17.7 Å². The predicted octanol–water partition coefficient (Wildman–Crippen LogP) is 5.64. The van der Waals surface area contributed by atoms with Gasteiger partial charge in [0.2, 0.25) is 0 Å². The van der Waals surface area contributed by atoms with Crippen LogP contribution in [-0.2, 0) is 9.47 Å². The third-order valence-corrected chi connectivity index (χ3v) is 4.90. The van der Waals surface area contributed by atoms with Gasteiger partial charge in [-0.2, -0.15) is 8.78 Å². The molecule has 0 radical (unpaired) electrons. The molecule has 1 fully saturated rings. The Morgan fingerprint density at radius 1 is 1.38 bits per heavy atom. The van der Waals surface area contributed by atoms with Crippen LogP contribution in [0.25, 0.3) is 11.4 Å². The second-order valence-electron chi connectivity index (χ2n) is 8.30. The van der Waals surface area contributed by atoms with Gasteiger partial charge in [-0.05, 0) is 52.3 Å². The molecule has 0 unspecified atom stereocenters. The Labute approximate surface area is 173 Å². The van der Waals surface area contributed by atoms with Crippen LogP contribution >= 0.6 is 11.6 Å². The van der Waals surface area contributed by atoms with Gasteiger partial charge in [0.15, 0.2) is 0 Å². The van der Waals surface area contributed by atoms with Crippen molar-refractivity contribution in [3.63, 3.8) is 0 Å². The summed E-state index contributed by atoms with van der Waals surface area (Å²) in [6.45, 7) is 6.39. The molecule has 1 saturated heterocycles. The summed E-state index contributed by atoms with van der Waals surface area (Å²) in [5.41, 5.74) is -0.533. The molecule has 3 rings (SSSR count). The Morgan fingerprint density at radius 3 is 2.69 bits per heavy atom. The number of carbonyl (C=O) groups is 1. The van der Waals surface area contributed by atoms with Gasteiger partial charge in [0.1, 0.15) is 17.2 Å². The van der Waals surface area contributed by atoms with Crippen molar-refractivity contribution < 1.29 is 23.0 Å². The Kier molecular flexibility index (Phi) is 5.62. The highest BCUT2D eigenvalue weighted by molar-refractivity contribution is 6.33. The summed E-state index contributed by atoms with van der Waals surface area (Å²) < 4.78 is 38.7. The second-order valence-corrected chi connectivity index (χ2v) is 8.71. The Hall–Kier alpha value is -2.19. The van der Waals surface area contributed by atoms with Crippen molar-refractivity contribution in [2.75, 3.05) is 6.61 Å². The van der Waals surface area contributed by atoms with E-state index in [9.17, 15) is 13.6 Å². The van der Waals surface area contributed by atoms with Crippen LogP contribution in [0.3, 0.4) is 0 Å². The molecule has 0 spiro atoms. The molecule has 1 aliphatic heterocycles. The lowest BCUT2D eigenvalue weighted by molar-refractivity contribution is -0.0626. The summed E-state index contributed by atoms with van der Waals surface area (Å²) in [5, 5.41) is 0.281.